The summed E-state index contributed by atoms with van der Waals surface area (Å²) in [4.78, 5) is 16.7. The molecule has 0 aliphatic carbocycles. The zero-order valence-corrected chi connectivity index (χ0v) is 13.1. The summed E-state index contributed by atoms with van der Waals surface area (Å²) in [6, 6.07) is 19.5. The van der Waals surface area contributed by atoms with Crippen LogP contribution in [0, 0.1) is 0 Å². The maximum Gasteiger partial charge on any atom is 0.165 e. The van der Waals surface area contributed by atoms with E-state index in [4.69, 9.17) is 0 Å². The van der Waals surface area contributed by atoms with E-state index in [2.05, 4.69) is 4.98 Å². The summed E-state index contributed by atoms with van der Waals surface area (Å²) in [5, 5.41) is 11.0. The van der Waals surface area contributed by atoms with Crippen LogP contribution < -0.4 is 0 Å². The molecule has 0 amide bonds. The molecule has 0 spiro atoms. The molecule has 0 unspecified atom stereocenters. The first kappa shape index (κ1) is 15.0. The van der Waals surface area contributed by atoms with Gasteiger partial charge in [-0.15, -0.1) is 0 Å². The topological polar surface area (TPSA) is 50.2 Å². The average Bonchev–Trinajstić information content (AvgIpc) is 2.54. The molecule has 0 aliphatic heterocycles. The van der Waals surface area contributed by atoms with Crippen LogP contribution in [0.15, 0.2) is 66.4 Å². The number of allylic oxidation sites excluding steroid dienone is 2. The minimum atomic E-state index is -0.204. The Morgan fingerprint density at radius 1 is 0.957 bits per heavy atom. The van der Waals surface area contributed by atoms with E-state index in [0.717, 1.165) is 22.0 Å². The molecule has 0 fully saturated rings. The Hall–Kier alpha value is -2.94. The Bertz CT molecular complexity index is 907. The Morgan fingerprint density at radius 2 is 1.61 bits per heavy atom. The van der Waals surface area contributed by atoms with Crippen LogP contribution >= 0.6 is 0 Å². The van der Waals surface area contributed by atoms with E-state index < -0.39 is 0 Å². The minimum Gasteiger partial charge on any atom is -0.512 e. The van der Waals surface area contributed by atoms with Gasteiger partial charge in [0, 0.05) is 10.9 Å². The van der Waals surface area contributed by atoms with Crippen molar-refractivity contribution in [1.82, 2.24) is 4.98 Å². The van der Waals surface area contributed by atoms with Gasteiger partial charge in [0.2, 0.25) is 0 Å². The predicted octanol–water partition coefficient (Wildman–Crippen LogP) is 4.78. The van der Waals surface area contributed by atoms with Crippen LogP contribution in [0.25, 0.3) is 27.6 Å². The van der Waals surface area contributed by atoms with Crippen molar-refractivity contribution in [2.24, 2.45) is 0 Å². The van der Waals surface area contributed by atoms with Gasteiger partial charge in [-0.3, -0.25) is 4.79 Å². The first-order valence-electron chi connectivity index (χ1n) is 7.44. The van der Waals surface area contributed by atoms with E-state index in [1.165, 1.54) is 13.8 Å². The van der Waals surface area contributed by atoms with E-state index in [9.17, 15) is 9.90 Å². The zero-order valence-electron chi connectivity index (χ0n) is 13.1. The molecule has 0 saturated carbocycles. The van der Waals surface area contributed by atoms with Crippen molar-refractivity contribution in [3.63, 3.8) is 0 Å². The summed E-state index contributed by atoms with van der Waals surface area (Å²) >= 11 is 0. The molecule has 1 N–H and O–H groups in total. The molecular formula is C20H17NO2. The molecule has 1 heterocycles. The molecular weight excluding hydrogens is 286 g/mol. The molecule has 0 aliphatic rings. The molecule has 114 valence electrons. The average molecular weight is 303 g/mol. The van der Waals surface area contributed by atoms with Crippen LogP contribution in [0.2, 0.25) is 0 Å². The fraction of sp³-hybridized carbons (Fsp3) is 0.100. The monoisotopic (exact) mass is 303 g/mol. The van der Waals surface area contributed by atoms with Crippen LogP contribution in [0.3, 0.4) is 0 Å². The van der Waals surface area contributed by atoms with Crippen molar-refractivity contribution in [3.8, 4) is 11.1 Å². The number of aliphatic hydroxyl groups excluding tert-OH is 1. The molecule has 1 aromatic heterocycles. The number of carbonyl (C=O) groups is 1. The van der Waals surface area contributed by atoms with Crippen molar-refractivity contribution in [2.75, 3.05) is 0 Å². The van der Waals surface area contributed by atoms with Gasteiger partial charge in [-0.2, -0.15) is 0 Å². The van der Waals surface area contributed by atoms with Crippen molar-refractivity contribution < 1.29 is 9.90 Å². The van der Waals surface area contributed by atoms with E-state index in [0.29, 0.717) is 5.69 Å². The van der Waals surface area contributed by atoms with Crippen molar-refractivity contribution in [2.45, 2.75) is 13.8 Å². The highest BCUT2D eigenvalue weighted by molar-refractivity contribution is 6.21. The molecule has 0 radical (unpaired) electrons. The molecule has 3 rings (SSSR count). The molecule has 3 heteroatoms. The Morgan fingerprint density at radius 3 is 2.26 bits per heavy atom. The summed E-state index contributed by atoms with van der Waals surface area (Å²) in [7, 11) is 0. The lowest BCUT2D eigenvalue weighted by Gasteiger charge is -2.13. The van der Waals surface area contributed by atoms with Crippen LogP contribution in [0.1, 0.15) is 19.5 Å². The Balaban J connectivity index is 2.39. The van der Waals surface area contributed by atoms with E-state index in [1.54, 1.807) is 0 Å². The summed E-state index contributed by atoms with van der Waals surface area (Å²) < 4.78 is 0. The second kappa shape index (κ2) is 6.05. The fourth-order valence-corrected chi connectivity index (χ4v) is 2.74. The smallest absolute Gasteiger partial charge is 0.165 e. The van der Waals surface area contributed by atoms with E-state index in [-0.39, 0.29) is 17.1 Å². The molecule has 3 aromatic rings. The largest absolute Gasteiger partial charge is 0.512 e. The summed E-state index contributed by atoms with van der Waals surface area (Å²) in [6.45, 7) is 2.96. The van der Waals surface area contributed by atoms with Gasteiger partial charge in [0.05, 0.1) is 16.8 Å². The Labute approximate surface area is 134 Å². The number of fused-ring (bicyclic) bond motifs is 1. The van der Waals surface area contributed by atoms with Crippen molar-refractivity contribution >= 4 is 22.3 Å². The number of rotatable bonds is 3. The number of para-hydroxylation sites is 1. The molecule has 3 nitrogen and oxygen atoms in total. The lowest BCUT2D eigenvalue weighted by molar-refractivity contribution is -0.111. The summed E-state index contributed by atoms with van der Waals surface area (Å²) in [6.07, 6.45) is 0. The number of Topliss-reactive ketones (excluding diaryl/α,β-unsaturated/α-hetero) is 1. The molecule has 0 bridgehead atoms. The highest BCUT2D eigenvalue weighted by Gasteiger charge is 2.19. The van der Waals surface area contributed by atoms with Gasteiger partial charge >= 0.3 is 0 Å². The maximum atomic E-state index is 12.0. The van der Waals surface area contributed by atoms with Crippen molar-refractivity contribution in [1.29, 1.82) is 0 Å². The lowest BCUT2D eigenvalue weighted by atomic mass is 9.95. The molecule has 23 heavy (non-hydrogen) atoms. The minimum absolute atomic E-state index is 0.0162. The molecule has 0 atom stereocenters. The van der Waals surface area contributed by atoms with Gasteiger partial charge in [-0.05, 0) is 31.5 Å². The number of pyridine rings is 1. The SMILES string of the molecule is CC(=O)/C(=C(\C)O)c1nc2ccccc2cc1-c1ccccc1. The zero-order chi connectivity index (χ0) is 16.4. The second-order valence-corrected chi connectivity index (χ2v) is 5.46. The van der Waals surface area contributed by atoms with Gasteiger partial charge in [-0.25, -0.2) is 4.98 Å². The number of ketones is 1. The van der Waals surface area contributed by atoms with Gasteiger partial charge in [-0.1, -0.05) is 48.5 Å². The third-order valence-corrected chi connectivity index (χ3v) is 3.76. The second-order valence-electron chi connectivity index (χ2n) is 5.46. The van der Waals surface area contributed by atoms with Gasteiger partial charge in [0.25, 0.3) is 0 Å². The number of hydrogen-bond acceptors (Lipinski definition) is 3. The summed E-state index contributed by atoms with van der Waals surface area (Å²) in [5.74, 6) is -0.220. The number of aromatic nitrogens is 1. The number of benzene rings is 2. The Kier molecular flexibility index (Phi) is 3.94. The lowest BCUT2D eigenvalue weighted by Crippen LogP contribution is -2.04. The van der Waals surface area contributed by atoms with E-state index >= 15 is 0 Å². The van der Waals surface area contributed by atoms with Gasteiger partial charge < -0.3 is 5.11 Å². The molecule has 2 aromatic carbocycles. The predicted molar refractivity (Wildman–Crippen MR) is 93.1 cm³/mol. The van der Waals surface area contributed by atoms with E-state index in [1.807, 2.05) is 60.7 Å². The highest BCUT2D eigenvalue weighted by Crippen LogP contribution is 2.32. The number of aliphatic hydroxyl groups is 1. The number of carbonyl (C=O) groups excluding carboxylic acids is 1. The molecule has 0 saturated heterocycles. The fourth-order valence-electron chi connectivity index (χ4n) is 2.74. The van der Waals surface area contributed by atoms with Crippen molar-refractivity contribution in [3.05, 3.63) is 72.1 Å². The number of nitrogens with zero attached hydrogens (tertiary/aromatic N) is 1. The first-order chi connectivity index (χ1) is 11.1. The van der Waals surface area contributed by atoms with Gasteiger partial charge in [0.1, 0.15) is 5.76 Å². The van der Waals surface area contributed by atoms with Crippen LogP contribution in [0.4, 0.5) is 0 Å². The quantitative estimate of drug-likeness (QED) is 0.559. The van der Waals surface area contributed by atoms with Gasteiger partial charge in [0.15, 0.2) is 5.78 Å². The number of hydrogen-bond donors (Lipinski definition) is 1. The van der Waals surface area contributed by atoms with Crippen LogP contribution in [0.5, 0.6) is 0 Å². The third kappa shape index (κ3) is 2.86. The summed E-state index contributed by atoms with van der Waals surface area (Å²) in [5.41, 5.74) is 3.36. The highest BCUT2D eigenvalue weighted by atomic mass is 16.3. The standard InChI is InChI=1S/C20H17NO2/c1-13(22)19(14(2)23)20-17(15-8-4-3-5-9-15)12-16-10-6-7-11-18(16)21-20/h3-12,22H,1-2H3/b19-13-. The normalized spacial score (nSPS) is 12.1. The van der Waals surface area contributed by atoms with Crippen LogP contribution in [-0.4, -0.2) is 15.9 Å². The maximum absolute atomic E-state index is 12.0. The van der Waals surface area contributed by atoms with Crippen LogP contribution in [-0.2, 0) is 4.79 Å². The third-order valence-electron chi connectivity index (χ3n) is 3.76. The first-order valence-corrected chi connectivity index (χ1v) is 7.44.